The molecule has 0 fully saturated rings. The maximum atomic E-state index is 11.4. The van der Waals surface area contributed by atoms with Crippen LogP contribution < -0.4 is 18.1 Å². The number of ether oxygens (including phenoxy) is 2. The number of carbonyl (C=O) groups excluding carboxylic acids is 2. The Labute approximate surface area is 100 Å². The molecule has 0 amide bonds. The van der Waals surface area contributed by atoms with E-state index in [1.807, 2.05) is 0 Å². The molecule has 16 heavy (non-hydrogen) atoms. The van der Waals surface area contributed by atoms with E-state index in [0.717, 1.165) is 0 Å². The van der Waals surface area contributed by atoms with Crippen LogP contribution >= 0.6 is 0 Å². The third kappa shape index (κ3) is 2.96. The van der Waals surface area contributed by atoms with Crippen LogP contribution in [0.15, 0.2) is 11.6 Å². The lowest BCUT2D eigenvalue weighted by atomic mass is 9.97. The summed E-state index contributed by atoms with van der Waals surface area (Å²) in [5, 5.41) is 0. The molecule has 5 nitrogen and oxygen atoms in total. The van der Waals surface area contributed by atoms with Crippen molar-refractivity contribution in [2.75, 3.05) is 13.7 Å². The summed E-state index contributed by atoms with van der Waals surface area (Å²) in [6.07, 6.45) is 2.41. The van der Waals surface area contributed by atoms with E-state index in [1.54, 1.807) is 13.0 Å². The van der Waals surface area contributed by atoms with Crippen LogP contribution in [0.1, 0.15) is 19.8 Å². The highest BCUT2D eigenvalue weighted by atomic mass is 35.5. The zero-order valence-corrected chi connectivity index (χ0v) is 10.2. The van der Waals surface area contributed by atoms with Crippen molar-refractivity contribution in [1.29, 1.82) is 0 Å². The molecule has 0 radical (unpaired) electrons. The fourth-order valence-electron chi connectivity index (χ4n) is 1.58. The molecule has 0 aliphatic heterocycles. The Bertz CT molecular complexity index is 316. The fourth-order valence-corrected chi connectivity index (χ4v) is 1.58. The van der Waals surface area contributed by atoms with Crippen LogP contribution in [0.2, 0.25) is 0 Å². The van der Waals surface area contributed by atoms with Gasteiger partial charge in [0, 0.05) is 18.4 Å². The summed E-state index contributed by atoms with van der Waals surface area (Å²) in [6, 6.07) is 0. The molecule has 0 aromatic carbocycles. The smallest absolute Gasteiger partial charge is 0.368 e. The fraction of sp³-hybridized carbons (Fsp3) is 0.600. The second kappa shape index (κ2) is 5.86. The second-order valence-corrected chi connectivity index (χ2v) is 3.60. The molecule has 1 aliphatic rings. The first-order valence-electron chi connectivity index (χ1n) is 4.83. The van der Waals surface area contributed by atoms with Gasteiger partial charge in [-0.05, 0) is 6.92 Å². The van der Waals surface area contributed by atoms with Gasteiger partial charge in [-0.15, -0.1) is 0 Å². The molecule has 0 aromatic heterocycles. The second-order valence-electron chi connectivity index (χ2n) is 3.60. The molecule has 0 aromatic rings. The molecule has 6 heteroatoms. The van der Waals surface area contributed by atoms with Crippen molar-refractivity contribution in [2.45, 2.75) is 25.3 Å². The predicted molar refractivity (Wildman–Crippen MR) is 51.6 cm³/mol. The van der Waals surface area contributed by atoms with Gasteiger partial charge in [0.2, 0.25) is 5.54 Å². The molecular weight excluding hydrogens is 234 g/mol. The minimum absolute atomic E-state index is 0. The van der Waals surface area contributed by atoms with Crippen LogP contribution in [-0.4, -0.2) is 31.2 Å². The number of halogens is 1. The first-order valence-corrected chi connectivity index (χ1v) is 4.83. The van der Waals surface area contributed by atoms with E-state index in [-0.39, 0.29) is 18.4 Å². The monoisotopic (exact) mass is 249 g/mol. The summed E-state index contributed by atoms with van der Waals surface area (Å²) in [5.74, 6) is -0.759. The summed E-state index contributed by atoms with van der Waals surface area (Å²) in [7, 11) is 1.32. The molecule has 0 saturated carbocycles. The predicted octanol–water partition coefficient (Wildman–Crippen LogP) is -3.57. The normalized spacial score (nSPS) is 23.1. The summed E-state index contributed by atoms with van der Waals surface area (Å²) in [5.41, 5.74) is 3.46. The first kappa shape index (κ1) is 14.9. The molecule has 0 bridgehead atoms. The molecule has 0 spiro atoms. The molecule has 0 heterocycles. The topological polar surface area (TPSA) is 80.2 Å². The van der Waals surface area contributed by atoms with Gasteiger partial charge in [-0.1, -0.05) is 6.08 Å². The maximum absolute atomic E-state index is 11.4. The highest BCUT2D eigenvalue weighted by Crippen LogP contribution is 2.27. The van der Waals surface area contributed by atoms with Gasteiger partial charge in [0.05, 0.1) is 13.7 Å². The molecular formula is C10H16ClNO4. The van der Waals surface area contributed by atoms with Crippen LogP contribution in [0.3, 0.4) is 0 Å². The Morgan fingerprint density at radius 3 is 2.69 bits per heavy atom. The van der Waals surface area contributed by atoms with Gasteiger partial charge in [-0.3, -0.25) is 0 Å². The lowest BCUT2D eigenvalue weighted by Gasteiger charge is -2.16. The number of methoxy groups -OCH3 is 1. The van der Waals surface area contributed by atoms with Crippen molar-refractivity contribution in [2.24, 2.45) is 0 Å². The zero-order valence-electron chi connectivity index (χ0n) is 9.42. The molecule has 3 N–H and O–H groups in total. The maximum Gasteiger partial charge on any atom is 0.368 e. The molecule has 0 saturated heterocycles. The van der Waals surface area contributed by atoms with Gasteiger partial charge in [-0.2, -0.15) is 0 Å². The van der Waals surface area contributed by atoms with E-state index >= 15 is 0 Å². The Hall–Kier alpha value is -1.07. The van der Waals surface area contributed by atoms with Gasteiger partial charge in [0.25, 0.3) is 0 Å². The standard InChI is InChI=1S/C10H15NO4.ClH/c1-3-15-8(12)7-4-5-10(11,6-7)9(13)14-2;/h4H,3,5-6,11H2,1-2H3;1H/t10-;/m0./s1. The molecule has 0 unspecified atom stereocenters. The summed E-state index contributed by atoms with van der Waals surface area (Å²) >= 11 is 0. The molecule has 1 atom stereocenters. The van der Waals surface area contributed by atoms with E-state index < -0.39 is 11.5 Å². The van der Waals surface area contributed by atoms with E-state index in [4.69, 9.17) is 4.74 Å². The van der Waals surface area contributed by atoms with Crippen molar-refractivity contribution < 1.29 is 37.2 Å². The quantitative estimate of drug-likeness (QED) is 0.525. The van der Waals surface area contributed by atoms with Crippen molar-refractivity contribution >= 4 is 11.9 Å². The Morgan fingerprint density at radius 2 is 2.19 bits per heavy atom. The van der Waals surface area contributed by atoms with Gasteiger partial charge in [0.1, 0.15) is 0 Å². The van der Waals surface area contributed by atoms with Crippen LogP contribution in [0.4, 0.5) is 0 Å². The SMILES string of the molecule is CCOC(=O)C1=CC[C@@]([NH3+])(C(=O)OC)C1.[Cl-]. The number of hydrogen-bond donors (Lipinski definition) is 1. The van der Waals surface area contributed by atoms with Gasteiger partial charge in [-0.25, -0.2) is 9.59 Å². The number of quaternary nitrogens is 1. The minimum Gasteiger partial charge on any atom is -1.00 e. The van der Waals surface area contributed by atoms with E-state index in [9.17, 15) is 9.59 Å². The Morgan fingerprint density at radius 1 is 1.56 bits per heavy atom. The van der Waals surface area contributed by atoms with Gasteiger partial charge >= 0.3 is 11.9 Å². The average Bonchev–Trinajstić information content (AvgIpc) is 2.61. The van der Waals surface area contributed by atoms with Crippen LogP contribution in [0.25, 0.3) is 0 Å². The third-order valence-corrected chi connectivity index (χ3v) is 2.42. The van der Waals surface area contributed by atoms with Gasteiger partial charge < -0.3 is 27.6 Å². The number of carbonyl (C=O) groups is 2. The number of hydrogen-bond acceptors (Lipinski definition) is 4. The van der Waals surface area contributed by atoms with E-state index in [0.29, 0.717) is 25.0 Å². The van der Waals surface area contributed by atoms with Gasteiger partial charge in [0.15, 0.2) is 0 Å². The number of rotatable bonds is 3. The van der Waals surface area contributed by atoms with Crippen molar-refractivity contribution in [3.05, 3.63) is 11.6 Å². The Kier molecular flexibility index (Phi) is 5.47. The first-order chi connectivity index (χ1) is 7.03. The summed E-state index contributed by atoms with van der Waals surface area (Å²) < 4.78 is 9.48. The minimum atomic E-state index is -0.850. The van der Waals surface area contributed by atoms with Crippen molar-refractivity contribution in [3.8, 4) is 0 Å². The highest BCUT2D eigenvalue weighted by Gasteiger charge is 2.45. The summed E-state index contributed by atoms with van der Waals surface area (Å²) in [6.45, 7) is 2.07. The highest BCUT2D eigenvalue weighted by molar-refractivity contribution is 5.92. The van der Waals surface area contributed by atoms with Crippen LogP contribution in [0.5, 0.6) is 0 Å². The van der Waals surface area contributed by atoms with Crippen LogP contribution in [-0.2, 0) is 19.1 Å². The Balaban J connectivity index is 0.00000225. The third-order valence-electron chi connectivity index (χ3n) is 2.42. The number of esters is 2. The largest absolute Gasteiger partial charge is 1.00 e. The lowest BCUT2D eigenvalue weighted by Crippen LogP contribution is -3.00. The average molecular weight is 250 g/mol. The van der Waals surface area contributed by atoms with Crippen molar-refractivity contribution in [1.82, 2.24) is 0 Å². The molecule has 1 aliphatic carbocycles. The zero-order chi connectivity index (χ0) is 11.5. The van der Waals surface area contributed by atoms with E-state index in [1.165, 1.54) is 7.11 Å². The summed E-state index contributed by atoms with van der Waals surface area (Å²) in [4.78, 5) is 22.8. The van der Waals surface area contributed by atoms with Crippen LogP contribution in [0, 0.1) is 0 Å². The molecule has 92 valence electrons. The molecule has 1 rings (SSSR count). The lowest BCUT2D eigenvalue weighted by molar-refractivity contribution is -0.458. The van der Waals surface area contributed by atoms with E-state index in [2.05, 4.69) is 10.5 Å². The van der Waals surface area contributed by atoms with Crippen molar-refractivity contribution in [3.63, 3.8) is 0 Å².